The Morgan fingerprint density at radius 3 is 2.81 bits per heavy atom. The maximum Gasteiger partial charge on any atom is 0.303 e. The van der Waals surface area contributed by atoms with Crippen LogP contribution >= 0.6 is 0 Å². The molecule has 0 aliphatic rings. The van der Waals surface area contributed by atoms with Crippen molar-refractivity contribution in [3.8, 4) is 0 Å². The van der Waals surface area contributed by atoms with E-state index in [0.29, 0.717) is 12.8 Å². The van der Waals surface area contributed by atoms with E-state index in [4.69, 9.17) is 5.11 Å². The number of aromatic amines is 1. The molecule has 3 rings (SSSR count). The van der Waals surface area contributed by atoms with Crippen molar-refractivity contribution in [3.63, 3.8) is 0 Å². The Kier molecular flexibility index (Phi) is 3.69. The quantitative estimate of drug-likeness (QED) is 0.754. The second kappa shape index (κ2) is 5.79. The fourth-order valence-corrected chi connectivity index (χ4v) is 2.49. The van der Waals surface area contributed by atoms with Crippen molar-refractivity contribution in [2.45, 2.75) is 19.3 Å². The van der Waals surface area contributed by atoms with Gasteiger partial charge in [0.05, 0.1) is 6.42 Å². The van der Waals surface area contributed by atoms with Crippen LogP contribution in [0.15, 0.2) is 48.7 Å². The lowest BCUT2D eigenvalue weighted by Crippen LogP contribution is -1.98. The van der Waals surface area contributed by atoms with Crippen molar-refractivity contribution in [2.24, 2.45) is 0 Å². The van der Waals surface area contributed by atoms with Crippen molar-refractivity contribution in [1.82, 2.24) is 9.97 Å². The molecule has 106 valence electrons. The average molecular weight is 280 g/mol. The van der Waals surface area contributed by atoms with Gasteiger partial charge >= 0.3 is 5.97 Å². The molecule has 2 N–H and O–H groups in total. The van der Waals surface area contributed by atoms with Gasteiger partial charge < -0.3 is 10.1 Å². The van der Waals surface area contributed by atoms with Gasteiger partial charge in [-0.3, -0.25) is 4.79 Å². The monoisotopic (exact) mass is 280 g/mol. The number of aryl methyl sites for hydroxylation is 1. The highest BCUT2D eigenvalue weighted by molar-refractivity contribution is 5.85. The third-order valence-corrected chi connectivity index (χ3v) is 3.53. The molecule has 4 nitrogen and oxygen atoms in total. The van der Waals surface area contributed by atoms with Gasteiger partial charge in [0, 0.05) is 18.3 Å². The van der Waals surface area contributed by atoms with E-state index in [0.717, 1.165) is 11.5 Å². The summed E-state index contributed by atoms with van der Waals surface area (Å²) >= 11 is 0. The number of aliphatic carboxylic acids is 1. The Morgan fingerprint density at radius 2 is 1.95 bits per heavy atom. The van der Waals surface area contributed by atoms with E-state index in [1.54, 1.807) is 6.20 Å². The number of nitrogens with one attached hydrogen (secondary N) is 1. The number of aromatic nitrogens is 2. The average Bonchev–Trinajstić information content (AvgIpc) is 2.93. The molecule has 0 bridgehead atoms. The second-order valence-corrected chi connectivity index (χ2v) is 5.06. The Morgan fingerprint density at radius 1 is 1.14 bits per heavy atom. The summed E-state index contributed by atoms with van der Waals surface area (Å²) in [7, 11) is 0. The summed E-state index contributed by atoms with van der Waals surface area (Å²) in [6.07, 6.45) is 3.05. The zero-order chi connectivity index (χ0) is 14.7. The normalized spacial score (nSPS) is 10.9. The van der Waals surface area contributed by atoms with Gasteiger partial charge in [0.15, 0.2) is 0 Å². The minimum absolute atomic E-state index is 0.121. The first-order valence-corrected chi connectivity index (χ1v) is 6.93. The zero-order valence-electron chi connectivity index (χ0n) is 11.5. The SMILES string of the molecule is O=C(O)CCc1cnc(Cc2cccc3ccccc23)[nH]1. The summed E-state index contributed by atoms with van der Waals surface area (Å²) in [4.78, 5) is 18.1. The fraction of sp³-hybridized carbons (Fsp3) is 0.176. The summed E-state index contributed by atoms with van der Waals surface area (Å²) < 4.78 is 0. The molecule has 4 heteroatoms. The number of hydrogen-bond donors (Lipinski definition) is 2. The number of hydrogen-bond acceptors (Lipinski definition) is 2. The minimum atomic E-state index is -0.791. The Balaban J connectivity index is 1.81. The molecule has 0 atom stereocenters. The predicted molar refractivity (Wildman–Crippen MR) is 81.3 cm³/mol. The summed E-state index contributed by atoms with van der Waals surface area (Å²) in [5, 5.41) is 11.1. The first kappa shape index (κ1) is 13.4. The standard InChI is InChI=1S/C17H16N2O2/c20-17(21)9-8-14-11-18-16(19-14)10-13-6-3-5-12-4-1-2-7-15(12)13/h1-7,11H,8-10H2,(H,18,19)(H,20,21). The Hall–Kier alpha value is -2.62. The number of nitrogens with zero attached hydrogens (tertiary/aromatic N) is 1. The summed E-state index contributed by atoms with van der Waals surface area (Å²) in [6.45, 7) is 0. The van der Waals surface area contributed by atoms with E-state index >= 15 is 0 Å². The van der Waals surface area contributed by atoms with Gasteiger partial charge in [-0.1, -0.05) is 42.5 Å². The summed E-state index contributed by atoms with van der Waals surface area (Å²) in [5.41, 5.74) is 2.08. The fourth-order valence-electron chi connectivity index (χ4n) is 2.49. The molecule has 1 aromatic heterocycles. The Labute approximate surface area is 122 Å². The molecule has 3 aromatic rings. The molecule has 0 aliphatic carbocycles. The first-order chi connectivity index (χ1) is 10.2. The number of rotatable bonds is 5. The molecule has 0 aliphatic heterocycles. The van der Waals surface area contributed by atoms with E-state index in [2.05, 4.69) is 34.2 Å². The molecule has 0 unspecified atom stereocenters. The molecule has 21 heavy (non-hydrogen) atoms. The minimum Gasteiger partial charge on any atom is -0.481 e. The lowest BCUT2D eigenvalue weighted by Gasteiger charge is -2.04. The van der Waals surface area contributed by atoms with Crippen LogP contribution in [0.3, 0.4) is 0 Å². The third-order valence-electron chi connectivity index (χ3n) is 3.53. The predicted octanol–water partition coefficient (Wildman–Crippen LogP) is 3.17. The molecule has 1 heterocycles. The lowest BCUT2D eigenvalue weighted by molar-refractivity contribution is -0.136. The van der Waals surface area contributed by atoms with Crippen LogP contribution < -0.4 is 0 Å². The van der Waals surface area contributed by atoms with Crippen molar-refractivity contribution in [2.75, 3.05) is 0 Å². The van der Waals surface area contributed by atoms with Crippen molar-refractivity contribution >= 4 is 16.7 Å². The lowest BCUT2D eigenvalue weighted by atomic mass is 10.0. The van der Waals surface area contributed by atoms with Crippen LogP contribution in [0.1, 0.15) is 23.5 Å². The number of fused-ring (bicyclic) bond motifs is 1. The van der Waals surface area contributed by atoms with Gasteiger partial charge in [-0.15, -0.1) is 0 Å². The highest BCUT2D eigenvalue weighted by Gasteiger charge is 2.06. The van der Waals surface area contributed by atoms with Crippen molar-refractivity contribution < 1.29 is 9.90 Å². The first-order valence-electron chi connectivity index (χ1n) is 6.93. The van der Waals surface area contributed by atoms with Crippen LogP contribution in [0.4, 0.5) is 0 Å². The van der Waals surface area contributed by atoms with Crippen LogP contribution in [-0.2, 0) is 17.6 Å². The zero-order valence-corrected chi connectivity index (χ0v) is 11.5. The number of carboxylic acids is 1. The van der Waals surface area contributed by atoms with Gasteiger partial charge in [0.25, 0.3) is 0 Å². The van der Waals surface area contributed by atoms with Crippen molar-refractivity contribution in [1.29, 1.82) is 0 Å². The summed E-state index contributed by atoms with van der Waals surface area (Å²) in [6, 6.07) is 14.5. The largest absolute Gasteiger partial charge is 0.481 e. The van der Waals surface area contributed by atoms with Crippen LogP contribution in [0.5, 0.6) is 0 Å². The second-order valence-electron chi connectivity index (χ2n) is 5.06. The maximum absolute atomic E-state index is 10.6. The molecule has 2 aromatic carbocycles. The Bertz CT molecular complexity index is 772. The molecule has 0 fully saturated rings. The van der Waals surface area contributed by atoms with Gasteiger partial charge in [-0.05, 0) is 22.8 Å². The number of imidazole rings is 1. The molecule has 0 spiro atoms. The molecule has 0 saturated carbocycles. The topological polar surface area (TPSA) is 66.0 Å². The molecule has 0 amide bonds. The highest BCUT2D eigenvalue weighted by atomic mass is 16.4. The van der Waals surface area contributed by atoms with Gasteiger partial charge in [-0.2, -0.15) is 0 Å². The van der Waals surface area contributed by atoms with E-state index in [9.17, 15) is 4.79 Å². The van der Waals surface area contributed by atoms with Crippen LogP contribution in [0.2, 0.25) is 0 Å². The third kappa shape index (κ3) is 3.11. The smallest absolute Gasteiger partial charge is 0.303 e. The van der Waals surface area contributed by atoms with E-state index in [1.807, 2.05) is 18.2 Å². The number of H-pyrrole nitrogens is 1. The number of benzene rings is 2. The van der Waals surface area contributed by atoms with E-state index in [-0.39, 0.29) is 6.42 Å². The van der Waals surface area contributed by atoms with Gasteiger partial charge in [0.1, 0.15) is 5.82 Å². The molecular formula is C17H16N2O2. The van der Waals surface area contributed by atoms with Crippen LogP contribution in [0, 0.1) is 0 Å². The van der Waals surface area contributed by atoms with Gasteiger partial charge in [-0.25, -0.2) is 4.98 Å². The molecule has 0 radical (unpaired) electrons. The molecule has 0 saturated heterocycles. The highest BCUT2D eigenvalue weighted by Crippen LogP contribution is 2.20. The van der Waals surface area contributed by atoms with Crippen molar-refractivity contribution in [3.05, 3.63) is 65.7 Å². The van der Waals surface area contributed by atoms with Crippen LogP contribution in [-0.4, -0.2) is 21.0 Å². The van der Waals surface area contributed by atoms with E-state index < -0.39 is 5.97 Å². The number of carboxylic acid groups (broad SMARTS) is 1. The van der Waals surface area contributed by atoms with E-state index in [1.165, 1.54) is 16.3 Å². The number of carbonyl (C=O) groups is 1. The summed E-state index contributed by atoms with van der Waals surface area (Å²) in [5.74, 6) is 0.0759. The maximum atomic E-state index is 10.6. The molecular weight excluding hydrogens is 264 g/mol. The van der Waals surface area contributed by atoms with Gasteiger partial charge in [0.2, 0.25) is 0 Å². The van der Waals surface area contributed by atoms with Crippen LogP contribution in [0.25, 0.3) is 10.8 Å².